The van der Waals surface area contributed by atoms with Crippen molar-refractivity contribution in [2.75, 3.05) is 19.6 Å². The number of likely N-dealkylation sites (tertiary alicyclic amines) is 1. The van der Waals surface area contributed by atoms with E-state index in [4.69, 9.17) is 4.74 Å². The third-order valence-electron chi connectivity index (χ3n) is 9.81. The number of alkyl halides is 3. The molecule has 1 amide bonds. The Labute approximate surface area is 244 Å². The van der Waals surface area contributed by atoms with Crippen molar-refractivity contribution in [3.63, 3.8) is 0 Å². The second kappa shape index (κ2) is 10.2. The van der Waals surface area contributed by atoms with Crippen LogP contribution in [0.2, 0.25) is 0 Å². The van der Waals surface area contributed by atoms with Gasteiger partial charge in [0.15, 0.2) is 11.5 Å². The van der Waals surface area contributed by atoms with Gasteiger partial charge in [0, 0.05) is 30.8 Å². The number of hydrogen-bond donors (Lipinski definition) is 2. The molecule has 4 aliphatic rings. The molecule has 6 nitrogen and oxygen atoms in total. The predicted molar refractivity (Wildman–Crippen MR) is 153 cm³/mol. The molecular formula is C33H37F3N2O4. The number of nitrogens with zero attached hydrogens (tertiary/aromatic N) is 2. The lowest BCUT2D eigenvalue weighted by atomic mass is 9.48. The monoisotopic (exact) mass is 582 g/mol. The number of phenolic OH excluding ortho intramolecular Hbond substituents is 1. The maximum atomic E-state index is 13.8. The molecule has 2 aromatic carbocycles. The van der Waals surface area contributed by atoms with Gasteiger partial charge in [-0.05, 0) is 73.5 Å². The first kappa shape index (κ1) is 28.8. The Morgan fingerprint density at radius 2 is 1.95 bits per heavy atom. The summed E-state index contributed by atoms with van der Waals surface area (Å²) in [6.45, 7) is 9.80. The van der Waals surface area contributed by atoms with Gasteiger partial charge in [-0.15, -0.1) is 6.58 Å². The Morgan fingerprint density at radius 3 is 2.62 bits per heavy atom. The Bertz CT molecular complexity index is 1420. The van der Waals surface area contributed by atoms with Crippen molar-refractivity contribution in [1.29, 1.82) is 0 Å². The average Bonchev–Trinajstić information content (AvgIpc) is 3.29. The van der Waals surface area contributed by atoms with Gasteiger partial charge in [0.1, 0.15) is 6.10 Å². The van der Waals surface area contributed by atoms with E-state index in [9.17, 15) is 28.2 Å². The summed E-state index contributed by atoms with van der Waals surface area (Å²) in [6, 6.07) is 7.76. The average molecular weight is 583 g/mol. The number of hydrogen-bond acceptors (Lipinski definition) is 5. The van der Waals surface area contributed by atoms with E-state index in [0.717, 1.165) is 29.8 Å². The molecular weight excluding hydrogens is 545 g/mol. The van der Waals surface area contributed by atoms with Crippen LogP contribution in [0.3, 0.4) is 0 Å². The molecule has 2 fully saturated rings. The van der Waals surface area contributed by atoms with Gasteiger partial charge in [-0.25, -0.2) is 0 Å². The second-order valence-electron chi connectivity index (χ2n) is 12.6. The van der Waals surface area contributed by atoms with Crippen molar-refractivity contribution in [1.82, 2.24) is 9.80 Å². The smallest absolute Gasteiger partial charge is 0.416 e. The van der Waals surface area contributed by atoms with E-state index in [-0.39, 0.29) is 29.7 Å². The fraction of sp³-hybridized carbons (Fsp3) is 0.485. The fourth-order valence-electron chi connectivity index (χ4n) is 8.14. The first-order chi connectivity index (χ1) is 19.9. The maximum absolute atomic E-state index is 13.8. The summed E-state index contributed by atoms with van der Waals surface area (Å²) >= 11 is 0. The Balaban J connectivity index is 1.37. The van der Waals surface area contributed by atoms with E-state index < -0.39 is 28.9 Å². The minimum atomic E-state index is -4.43. The molecule has 42 heavy (non-hydrogen) atoms. The Hall–Kier alpha value is -3.30. The molecule has 0 radical (unpaired) electrons. The van der Waals surface area contributed by atoms with Gasteiger partial charge in [0.05, 0.1) is 22.6 Å². The van der Waals surface area contributed by atoms with Crippen LogP contribution in [0, 0.1) is 5.92 Å². The van der Waals surface area contributed by atoms with Crippen LogP contribution in [0.1, 0.15) is 55.4 Å². The van der Waals surface area contributed by atoms with Gasteiger partial charge < -0.3 is 19.8 Å². The molecule has 9 heteroatoms. The number of carbonyl (C=O) groups excluding carboxylic acids is 1. The number of carbonyl (C=O) groups is 1. The second-order valence-corrected chi connectivity index (χ2v) is 12.6. The predicted octanol–water partition coefficient (Wildman–Crippen LogP) is 5.32. The summed E-state index contributed by atoms with van der Waals surface area (Å²) in [5.74, 6) is 0.314. The first-order valence-corrected chi connectivity index (χ1v) is 14.7. The SMILES string of the molecule is C=CCN1CC[C@]23c4c5ccc(O)c4OC2C(N(CC(C)C)C(=O)C=Cc2ccc(C(F)(F)F)cc2)CC[C@@]3(O)[C@H]1C5. The Kier molecular flexibility index (Phi) is 6.97. The molecule has 2 bridgehead atoms. The highest BCUT2D eigenvalue weighted by Crippen LogP contribution is 2.65. The molecule has 2 N–H and O–H groups in total. The molecule has 224 valence electrons. The number of piperidine rings is 1. The summed E-state index contributed by atoms with van der Waals surface area (Å²) in [4.78, 5) is 17.9. The van der Waals surface area contributed by atoms with Crippen molar-refractivity contribution >= 4 is 12.0 Å². The van der Waals surface area contributed by atoms with Crippen LogP contribution in [0.15, 0.2) is 55.1 Å². The summed E-state index contributed by atoms with van der Waals surface area (Å²) in [7, 11) is 0. The summed E-state index contributed by atoms with van der Waals surface area (Å²) in [6.07, 6.45) is 2.04. The van der Waals surface area contributed by atoms with Crippen LogP contribution in [0.5, 0.6) is 11.5 Å². The zero-order valence-electron chi connectivity index (χ0n) is 23.9. The van der Waals surface area contributed by atoms with Crippen LogP contribution in [0.4, 0.5) is 13.2 Å². The molecule has 2 heterocycles. The van der Waals surface area contributed by atoms with Gasteiger partial charge in [-0.2, -0.15) is 13.2 Å². The standard InChI is InChI=1S/C33H37F3N2O4/c1-4-16-37-17-15-31-28-22-8-11-25(39)29(28)42-30(31)24(13-14-32(31,41)26(37)18-22)38(19-20(2)3)27(40)12-7-21-5-9-23(10-6-21)33(34,35)36/h4-12,20,24,26,30,39,41H,1,13-19H2,2-3H3/t24?,26-,30?,31+,32-/m1/s1. The quantitative estimate of drug-likeness (QED) is 0.342. The van der Waals surface area contributed by atoms with Crippen LogP contribution in [-0.2, 0) is 22.8 Å². The van der Waals surface area contributed by atoms with Crippen LogP contribution in [-0.4, -0.2) is 69.3 Å². The number of aliphatic hydroxyl groups is 1. The lowest BCUT2D eigenvalue weighted by Gasteiger charge is -2.64. The molecule has 2 aromatic rings. The van der Waals surface area contributed by atoms with E-state index >= 15 is 0 Å². The lowest BCUT2D eigenvalue weighted by molar-refractivity contribution is -0.199. The third kappa shape index (κ3) is 4.27. The minimum absolute atomic E-state index is 0.0366. The van der Waals surface area contributed by atoms with E-state index in [0.29, 0.717) is 50.1 Å². The van der Waals surface area contributed by atoms with Crippen LogP contribution < -0.4 is 4.74 Å². The highest BCUT2D eigenvalue weighted by atomic mass is 19.4. The van der Waals surface area contributed by atoms with E-state index in [1.807, 2.05) is 26.0 Å². The number of aromatic hydroxyl groups is 1. The normalized spacial score (nSPS) is 29.8. The van der Waals surface area contributed by atoms with Gasteiger partial charge in [0.2, 0.25) is 5.91 Å². The number of rotatable bonds is 7. The van der Waals surface area contributed by atoms with Gasteiger partial charge in [-0.1, -0.05) is 38.1 Å². The van der Waals surface area contributed by atoms with Crippen molar-refractivity contribution in [3.05, 3.63) is 77.4 Å². The van der Waals surface area contributed by atoms with Gasteiger partial charge in [-0.3, -0.25) is 9.69 Å². The molecule has 0 aromatic heterocycles. The van der Waals surface area contributed by atoms with Crippen LogP contribution >= 0.6 is 0 Å². The Morgan fingerprint density at radius 1 is 1.21 bits per heavy atom. The highest BCUT2D eigenvalue weighted by Gasteiger charge is 2.73. The summed E-state index contributed by atoms with van der Waals surface area (Å²) in [5.41, 5.74) is -0.214. The van der Waals surface area contributed by atoms with Crippen molar-refractivity contribution < 1.29 is 32.9 Å². The maximum Gasteiger partial charge on any atom is 0.416 e. The van der Waals surface area contributed by atoms with Crippen molar-refractivity contribution in [2.24, 2.45) is 5.92 Å². The molecule has 2 aliphatic carbocycles. The molecule has 6 rings (SSSR count). The van der Waals surface area contributed by atoms with E-state index in [1.165, 1.54) is 24.3 Å². The molecule has 2 unspecified atom stereocenters. The highest BCUT2D eigenvalue weighted by molar-refractivity contribution is 5.92. The number of amides is 1. The topological polar surface area (TPSA) is 73.2 Å². The molecule has 2 aliphatic heterocycles. The molecule has 1 saturated carbocycles. The van der Waals surface area contributed by atoms with E-state index in [1.54, 1.807) is 11.0 Å². The number of benzene rings is 2. The fourth-order valence-corrected chi connectivity index (χ4v) is 8.14. The zero-order valence-corrected chi connectivity index (χ0v) is 23.9. The summed E-state index contributed by atoms with van der Waals surface area (Å²) < 4.78 is 45.6. The molecule has 5 atom stereocenters. The number of phenols is 1. The van der Waals surface area contributed by atoms with E-state index in [2.05, 4.69) is 11.5 Å². The first-order valence-electron chi connectivity index (χ1n) is 14.7. The van der Waals surface area contributed by atoms with Crippen molar-refractivity contribution in [3.8, 4) is 11.5 Å². The lowest BCUT2D eigenvalue weighted by Crippen LogP contribution is -2.78. The number of ether oxygens (including phenoxy) is 1. The molecule has 1 spiro atoms. The van der Waals surface area contributed by atoms with Crippen molar-refractivity contribution in [2.45, 2.75) is 74.9 Å². The van der Waals surface area contributed by atoms with Gasteiger partial charge in [0.25, 0.3) is 0 Å². The largest absolute Gasteiger partial charge is 0.504 e. The third-order valence-corrected chi connectivity index (χ3v) is 9.81. The number of halogens is 3. The van der Waals surface area contributed by atoms with Gasteiger partial charge >= 0.3 is 6.18 Å². The minimum Gasteiger partial charge on any atom is -0.504 e. The van der Waals surface area contributed by atoms with Crippen LogP contribution in [0.25, 0.3) is 6.08 Å². The zero-order chi connectivity index (χ0) is 30.0. The molecule has 1 saturated heterocycles. The summed E-state index contributed by atoms with van der Waals surface area (Å²) in [5, 5.41) is 23.5.